The normalized spacial score (nSPS) is 12.9. The van der Waals surface area contributed by atoms with E-state index in [9.17, 15) is 9.90 Å². The number of ketones is 1. The van der Waals surface area contributed by atoms with Crippen LogP contribution in [0.3, 0.4) is 0 Å². The third-order valence-corrected chi connectivity index (χ3v) is 7.24. The zero-order valence-corrected chi connectivity index (χ0v) is 29.9. The third-order valence-electron chi connectivity index (χ3n) is 7.24. The number of aliphatic hydroxyl groups excluding tert-OH is 1. The number of allylic oxidation sites excluding steroid dienone is 2. The number of aromatic nitrogens is 1. The van der Waals surface area contributed by atoms with E-state index in [4.69, 9.17) is 4.98 Å². The van der Waals surface area contributed by atoms with Crippen LogP contribution in [0.15, 0.2) is 72.6 Å². The first kappa shape index (κ1) is 35.4. The van der Waals surface area contributed by atoms with Gasteiger partial charge in [0.25, 0.3) is 0 Å². The van der Waals surface area contributed by atoms with Gasteiger partial charge in [0.15, 0.2) is 5.78 Å². The average Bonchev–Trinajstić information content (AvgIpc) is 2.86. The standard InChI is InChI=1S/C27H28N.C11H20O2.Ir/c1-26(2,3)20-15-19(16-21(17-20)27(4,5)6)25-24-12-11-18-9-7-8-10-22(18)23(24)13-14-28-25;1-10(2,3)8(12)7-9(13)11(4,5)6;/h7-15,17H,1-6H3;7,12H,1-6H3;/q-1;;/b;8-7-;. The van der Waals surface area contributed by atoms with Crippen molar-refractivity contribution < 1.29 is 30.0 Å². The SMILES string of the molecule is CC(C)(C)C(=O)/C=C(\O)C(C)(C)C.CC(C)(C)c1[c-]c(-c2nccc3c2ccc2ccccc23)cc(C(C)(C)C)c1.[Ir]. The number of pyridine rings is 1. The summed E-state index contributed by atoms with van der Waals surface area (Å²) in [7, 11) is 0. The Balaban J connectivity index is 0.000000377. The number of carbonyl (C=O) groups excluding carboxylic acids is 1. The largest absolute Gasteiger partial charge is 0.512 e. The van der Waals surface area contributed by atoms with Crippen LogP contribution in [0.1, 0.15) is 94.2 Å². The van der Waals surface area contributed by atoms with Crippen LogP contribution in [-0.4, -0.2) is 15.9 Å². The summed E-state index contributed by atoms with van der Waals surface area (Å²) in [5.41, 5.74) is 3.99. The van der Waals surface area contributed by atoms with Gasteiger partial charge in [-0.05, 0) is 44.1 Å². The Bertz CT molecular complexity index is 1550. The van der Waals surface area contributed by atoms with Gasteiger partial charge >= 0.3 is 0 Å². The monoisotopic (exact) mass is 743 g/mol. The maximum atomic E-state index is 11.5. The van der Waals surface area contributed by atoms with Crippen LogP contribution in [0.2, 0.25) is 0 Å². The summed E-state index contributed by atoms with van der Waals surface area (Å²) in [5, 5.41) is 14.5. The molecule has 4 rings (SSSR count). The second-order valence-electron chi connectivity index (χ2n) is 15.1. The predicted octanol–water partition coefficient (Wildman–Crippen LogP) is 10.5. The molecule has 1 heterocycles. The summed E-state index contributed by atoms with van der Waals surface area (Å²) in [6, 6.07) is 23.3. The second kappa shape index (κ2) is 12.8. The first-order chi connectivity index (χ1) is 18.7. The van der Waals surface area contributed by atoms with Crippen LogP contribution in [0.25, 0.3) is 32.8 Å². The first-order valence-corrected chi connectivity index (χ1v) is 14.5. The van der Waals surface area contributed by atoms with Gasteiger partial charge in [-0.25, -0.2) is 0 Å². The fourth-order valence-electron chi connectivity index (χ4n) is 4.24. The van der Waals surface area contributed by atoms with Gasteiger partial charge in [-0.2, -0.15) is 0 Å². The molecular formula is C38H48IrNO2-. The van der Waals surface area contributed by atoms with Crippen LogP contribution < -0.4 is 0 Å². The van der Waals surface area contributed by atoms with E-state index >= 15 is 0 Å². The van der Waals surface area contributed by atoms with Crippen molar-refractivity contribution in [1.29, 1.82) is 0 Å². The van der Waals surface area contributed by atoms with Gasteiger partial charge in [0.2, 0.25) is 0 Å². The Hall–Kier alpha value is -2.81. The fraction of sp³-hybridized carbons (Fsp3) is 0.421. The van der Waals surface area contributed by atoms with Gasteiger partial charge in [-0.3, -0.25) is 4.79 Å². The van der Waals surface area contributed by atoms with Crippen molar-refractivity contribution in [3.63, 3.8) is 0 Å². The zero-order valence-electron chi connectivity index (χ0n) is 27.5. The Morgan fingerprint density at radius 2 is 1.36 bits per heavy atom. The molecule has 227 valence electrons. The molecule has 42 heavy (non-hydrogen) atoms. The van der Waals surface area contributed by atoms with Crippen molar-refractivity contribution in [2.75, 3.05) is 0 Å². The summed E-state index contributed by atoms with van der Waals surface area (Å²) in [5.74, 6) is 0.104. The van der Waals surface area contributed by atoms with E-state index in [0.29, 0.717) is 0 Å². The summed E-state index contributed by atoms with van der Waals surface area (Å²) >= 11 is 0. The van der Waals surface area contributed by atoms with Crippen molar-refractivity contribution in [1.82, 2.24) is 4.98 Å². The van der Waals surface area contributed by atoms with Gasteiger partial charge in [-0.15, -0.1) is 34.9 Å². The van der Waals surface area contributed by atoms with E-state index in [1.807, 2.05) is 47.7 Å². The van der Waals surface area contributed by atoms with Crippen LogP contribution in [-0.2, 0) is 35.7 Å². The Kier molecular flexibility index (Phi) is 10.8. The molecule has 4 aromatic rings. The van der Waals surface area contributed by atoms with Gasteiger partial charge in [0, 0.05) is 43.2 Å². The Morgan fingerprint density at radius 3 is 1.90 bits per heavy atom. The molecule has 1 N–H and O–H groups in total. The number of hydrogen-bond acceptors (Lipinski definition) is 3. The maximum Gasteiger partial charge on any atom is 0.164 e. The number of nitrogens with zero attached hydrogens (tertiary/aromatic N) is 1. The number of hydrogen-bond donors (Lipinski definition) is 1. The molecular weight excluding hydrogens is 695 g/mol. The molecule has 1 aromatic heterocycles. The zero-order chi connectivity index (χ0) is 31.0. The number of fused-ring (bicyclic) bond motifs is 3. The minimum Gasteiger partial charge on any atom is -0.512 e. The quantitative estimate of drug-likeness (QED) is 0.0963. The van der Waals surface area contributed by atoms with Gasteiger partial charge in [-0.1, -0.05) is 119 Å². The molecule has 0 aliphatic rings. The molecule has 0 amide bonds. The number of aliphatic hydroxyl groups is 1. The van der Waals surface area contributed by atoms with E-state index in [1.165, 1.54) is 38.7 Å². The number of benzene rings is 3. The predicted molar refractivity (Wildman–Crippen MR) is 176 cm³/mol. The molecule has 3 aromatic carbocycles. The van der Waals surface area contributed by atoms with Crippen molar-refractivity contribution in [3.05, 3.63) is 89.8 Å². The molecule has 0 fully saturated rings. The molecule has 0 saturated carbocycles. The maximum absolute atomic E-state index is 11.5. The molecule has 0 saturated heterocycles. The fourth-order valence-corrected chi connectivity index (χ4v) is 4.24. The van der Waals surface area contributed by atoms with Crippen molar-refractivity contribution in [3.8, 4) is 11.3 Å². The minimum atomic E-state index is -0.417. The average molecular weight is 743 g/mol. The van der Waals surface area contributed by atoms with Crippen molar-refractivity contribution in [2.45, 2.75) is 93.9 Å². The molecule has 0 bridgehead atoms. The molecule has 4 heteroatoms. The molecule has 0 spiro atoms. The van der Waals surface area contributed by atoms with Crippen LogP contribution in [0.5, 0.6) is 0 Å². The van der Waals surface area contributed by atoms with E-state index in [0.717, 1.165) is 11.3 Å². The van der Waals surface area contributed by atoms with Crippen molar-refractivity contribution >= 4 is 27.3 Å². The van der Waals surface area contributed by atoms with Gasteiger partial charge < -0.3 is 10.1 Å². The smallest absolute Gasteiger partial charge is 0.164 e. The van der Waals surface area contributed by atoms with Crippen LogP contribution in [0.4, 0.5) is 0 Å². The number of rotatable bonds is 2. The molecule has 1 radical (unpaired) electrons. The molecule has 3 nitrogen and oxygen atoms in total. The molecule has 0 aliphatic carbocycles. The topological polar surface area (TPSA) is 50.2 Å². The first-order valence-electron chi connectivity index (χ1n) is 14.5. The van der Waals surface area contributed by atoms with Crippen molar-refractivity contribution in [2.24, 2.45) is 10.8 Å². The Labute approximate surface area is 267 Å². The van der Waals surface area contributed by atoms with Crippen LogP contribution >= 0.6 is 0 Å². The second-order valence-corrected chi connectivity index (χ2v) is 15.1. The Morgan fingerprint density at radius 1 is 0.738 bits per heavy atom. The summed E-state index contributed by atoms with van der Waals surface area (Å²) in [4.78, 5) is 16.3. The minimum absolute atomic E-state index is 0. The van der Waals surface area contributed by atoms with E-state index in [2.05, 4.69) is 102 Å². The molecule has 0 aliphatic heterocycles. The third kappa shape index (κ3) is 8.62. The van der Waals surface area contributed by atoms with E-state index in [-0.39, 0.29) is 47.9 Å². The molecule has 0 atom stereocenters. The summed E-state index contributed by atoms with van der Waals surface area (Å²) in [6.07, 6.45) is 3.26. The molecule has 0 unspecified atom stereocenters. The van der Waals surface area contributed by atoms with E-state index < -0.39 is 5.41 Å². The van der Waals surface area contributed by atoms with Gasteiger partial charge in [0.1, 0.15) is 5.76 Å². The summed E-state index contributed by atoms with van der Waals surface area (Å²) in [6.45, 7) is 24.7. The summed E-state index contributed by atoms with van der Waals surface area (Å²) < 4.78 is 0. The van der Waals surface area contributed by atoms with E-state index in [1.54, 1.807) is 0 Å². The number of carbonyl (C=O) groups is 1. The van der Waals surface area contributed by atoms with Gasteiger partial charge in [0.05, 0.1) is 0 Å². The van der Waals surface area contributed by atoms with Crippen LogP contribution in [0, 0.1) is 16.9 Å².